The van der Waals surface area contributed by atoms with Crippen molar-refractivity contribution >= 4 is 11.3 Å². The number of aromatic nitrogens is 2. The maximum absolute atomic E-state index is 12.3. The molecule has 1 aliphatic rings. The summed E-state index contributed by atoms with van der Waals surface area (Å²) in [7, 11) is 0. The quantitative estimate of drug-likeness (QED) is 0.903. The average Bonchev–Trinajstić information content (AvgIpc) is 2.91. The van der Waals surface area contributed by atoms with Crippen LogP contribution < -0.4 is 10.9 Å². The molecule has 0 amide bonds. The molecule has 0 aromatic carbocycles. The average molecular weight is 261 g/mol. The van der Waals surface area contributed by atoms with Crippen molar-refractivity contribution in [2.45, 2.75) is 25.9 Å². The highest BCUT2D eigenvalue weighted by Gasteiger charge is 2.14. The largest absolute Gasteiger partial charge is 0.311 e. The van der Waals surface area contributed by atoms with Gasteiger partial charge in [0, 0.05) is 23.5 Å². The van der Waals surface area contributed by atoms with E-state index in [1.165, 1.54) is 4.88 Å². The van der Waals surface area contributed by atoms with Crippen LogP contribution >= 0.6 is 11.3 Å². The summed E-state index contributed by atoms with van der Waals surface area (Å²) in [6, 6.07) is 4.14. The second kappa shape index (κ2) is 5.04. The van der Waals surface area contributed by atoms with Crippen LogP contribution in [0.2, 0.25) is 0 Å². The standard InChI is InChI=1S/C13H15N3OS/c17-13-11-3-5-14-8-12(11)15-9-16(13)6-4-10-2-1-7-18-10/h1-2,7,9,14H,3-6,8H2. The van der Waals surface area contributed by atoms with Gasteiger partial charge in [0.1, 0.15) is 0 Å². The molecule has 5 heteroatoms. The predicted octanol–water partition coefficient (Wildman–Crippen LogP) is 1.19. The molecule has 0 atom stereocenters. The Labute approximate surface area is 109 Å². The highest BCUT2D eigenvalue weighted by Crippen LogP contribution is 2.10. The minimum Gasteiger partial charge on any atom is -0.311 e. The number of thiophene rings is 1. The number of fused-ring (bicyclic) bond motifs is 1. The summed E-state index contributed by atoms with van der Waals surface area (Å²) >= 11 is 1.73. The summed E-state index contributed by atoms with van der Waals surface area (Å²) in [4.78, 5) is 18.0. The first-order valence-corrected chi connectivity index (χ1v) is 7.03. The molecule has 1 aliphatic heterocycles. The van der Waals surface area contributed by atoms with E-state index in [9.17, 15) is 4.79 Å². The van der Waals surface area contributed by atoms with Crippen LogP contribution in [0, 0.1) is 0 Å². The van der Waals surface area contributed by atoms with Crippen LogP contribution in [0.3, 0.4) is 0 Å². The van der Waals surface area contributed by atoms with Gasteiger partial charge in [0.05, 0.1) is 12.0 Å². The molecular formula is C13H15N3OS. The lowest BCUT2D eigenvalue weighted by molar-refractivity contribution is 0.581. The van der Waals surface area contributed by atoms with Crippen molar-refractivity contribution in [3.63, 3.8) is 0 Å². The molecule has 0 unspecified atom stereocenters. The molecule has 0 radical (unpaired) electrons. The number of nitrogens with zero attached hydrogens (tertiary/aromatic N) is 2. The third kappa shape index (κ3) is 2.23. The van der Waals surface area contributed by atoms with E-state index in [4.69, 9.17) is 0 Å². The van der Waals surface area contributed by atoms with Crippen LogP contribution in [0.5, 0.6) is 0 Å². The third-order valence-corrected chi connectivity index (χ3v) is 4.18. The van der Waals surface area contributed by atoms with Crippen molar-refractivity contribution in [1.29, 1.82) is 0 Å². The van der Waals surface area contributed by atoms with E-state index in [1.54, 1.807) is 22.2 Å². The Kier molecular flexibility index (Phi) is 3.25. The van der Waals surface area contributed by atoms with Crippen LogP contribution in [0.1, 0.15) is 16.1 Å². The van der Waals surface area contributed by atoms with Crippen molar-refractivity contribution < 1.29 is 0 Å². The molecule has 3 heterocycles. The van der Waals surface area contributed by atoms with E-state index in [1.807, 2.05) is 6.07 Å². The van der Waals surface area contributed by atoms with Crippen molar-refractivity contribution in [2.75, 3.05) is 6.54 Å². The minimum atomic E-state index is 0.137. The van der Waals surface area contributed by atoms with Crippen LogP contribution in [0.4, 0.5) is 0 Å². The lowest BCUT2D eigenvalue weighted by atomic mass is 10.1. The summed E-state index contributed by atoms with van der Waals surface area (Å²) in [5.74, 6) is 0. The van der Waals surface area contributed by atoms with Gasteiger partial charge in [-0.3, -0.25) is 9.36 Å². The molecule has 94 valence electrons. The molecule has 0 saturated carbocycles. The Bertz CT molecular complexity index is 589. The smallest absolute Gasteiger partial charge is 0.256 e. The number of nitrogens with one attached hydrogen (secondary N) is 1. The highest BCUT2D eigenvalue weighted by atomic mass is 32.1. The number of hydrogen-bond acceptors (Lipinski definition) is 4. The summed E-state index contributed by atoms with van der Waals surface area (Å²) in [5.41, 5.74) is 1.94. The van der Waals surface area contributed by atoms with Gasteiger partial charge in [0.15, 0.2) is 0 Å². The van der Waals surface area contributed by atoms with E-state index in [0.29, 0.717) is 6.54 Å². The first-order valence-electron chi connectivity index (χ1n) is 6.15. The lowest BCUT2D eigenvalue weighted by Crippen LogP contribution is -2.34. The number of hydrogen-bond donors (Lipinski definition) is 1. The molecule has 0 aliphatic carbocycles. The second-order valence-electron chi connectivity index (χ2n) is 4.42. The van der Waals surface area contributed by atoms with Gasteiger partial charge in [0.2, 0.25) is 0 Å². The lowest BCUT2D eigenvalue weighted by Gasteiger charge is -2.16. The molecular weight excluding hydrogens is 246 g/mol. The zero-order chi connectivity index (χ0) is 12.4. The van der Waals surface area contributed by atoms with Crippen molar-refractivity contribution in [3.05, 3.63) is 50.3 Å². The van der Waals surface area contributed by atoms with Gasteiger partial charge in [-0.05, 0) is 30.8 Å². The van der Waals surface area contributed by atoms with Crippen LogP contribution in [0.15, 0.2) is 28.6 Å². The first kappa shape index (κ1) is 11.6. The molecule has 3 rings (SSSR count). The summed E-state index contributed by atoms with van der Waals surface area (Å²) < 4.78 is 1.74. The summed E-state index contributed by atoms with van der Waals surface area (Å²) in [6.45, 7) is 2.31. The van der Waals surface area contributed by atoms with Gasteiger partial charge < -0.3 is 5.32 Å². The van der Waals surface area contributed by atoms with E-state index in [-0.39, 0.29) is 5.56 Å². The van der Waals surface area contributed by atoms with Crippen LogP contribution in [-0.4, -0.2) is 16.1 Å². The molecule has 4 nitrogen and oxygen atoms in total. The Balaban J connectivity index is 1.82. The Hall–Kier alpha value is -1.46. The zero-order valence-electron chi connectivity index (χ0n) is 10.1. The SMILES string of the molecule is O=c1c2c(ncn1CCc1cccs1)CNCC2. The molecule has 0 fully saturated rings. The van der Waals surface area contributed by atoms with E-state index >= 15 is 0 Å². The fraction of sp³-hybridized carbons (Fsp3) is 0.385. The molecule has 2 aromatic rings. The zero-order valence-corrected chi connectivity index (χ0v) is 10.9. The topological polar surface area (TPSA) is 46.9 Å². The van der Waals surface area contributed by atoms with Crippen molar-refractivity contribution in [1.82, 2.24) is 14.9 Å². The fourth-order valence-corrected chi connectivity index (χ4v) is 2.93. The van der Waals surface area contributed by atoms with Crippen molar-refractivity contribution in [2.24, 2.45) is 0 Å². The monoisotopic (exact) mass is 261 g/mol. The third-order valence-electron chi connectivity index (χ3n) is 3.24. The Morgan fingerprint density at radius 3 is 3.28 bits per heavy atom. The molecule has 18 heavy (non-hydrogen) atoms. The van der Waals surface area contributed by atoms with Crippen LogP contribution in [0.25, 0.3) is 0 Å². The number of rotatable bonds is 3. The summed E-state index contributed by atoms with van der Waals surface area (Å²) in [5, 5.41) is 5.30. The normalized spacial score (nSPS) is 14.4. The maximum Gasteiger partial charge on any atom is 0.256 e. The van der Waals surface area contributed by atoms with E-state index < -0.39 is 0 Å². The fourth-order valence-electron chi connectivity index (χ4n) is 2.24. The molecule has 1 N–H and O–H groups in total. The summed E-state index contributed by atoms with van der Waals surface area (Å²) in [6.07, 6.45) is 3.37. The van der Waals surface area contributed by atoms with E-state index in [0.717, 1.165) is 37.2 Å². The predicted molar refractivity (Wildman–Crippen MR) is 71.9 cm³/mol. The maximum atomic E-state index is 12.3. The molecule has 0 bridgehead atoms. The van der Waals surface area contributed by atoms with Gasteiger partial charge in [-0.2, -0.15) is 0 Å². The first-order chi connectivity index (χ1) is 8.84. The number of aryl methyl sites for hydroxylation is 2. The Morgan fingerprint density at radius 2 is 2.44 bits per heavy atom. The van der Waals surface area contributed by atoms with Gasteiger partial charge >= 0.3 is 0 Å². The minimum absolute atomic E-state index is 0.137. The highest BCUT2D eigenvalue weighted by molar-refractivity contribution is 7.09. The van der Waals surface area contributed by atoms with Gasteiger partial charge in [-0.25, -0.2) is 4.98 Å². The second-order valence-corrected chi connectivity index (χ2v) is 5.46. The van der Waals surface area contributed by atoms with Crippen molar-refractivity contribution in [3.8, 4) is 0 Å². The van der Waals surface area contributed by atoms with Gasteiger partial charge in [0.25, 0.3) is 5.56 Å². The molecule has 2 aromatic heterocycles. The Morgan fingerprint density at radius 1 is 1.50 bits per heavy atom. The van der Waals surface area contributed by atoms with Gasteiger partial charge in [-0.1, -0.05) is 6.07 Å². The molecule has 0 spiro atoms. The van der Waals surface area contributed by atoms with Crippen LogP contribution in [-0.2, 0) is 25.9 Å². The van der Waals surface area contributed by atoms with E-state index in [2.05, 4.69) is 21.7 Å². The van der Waals surface area contributed by atoms with Gasteiger partial charge in [-0.15, -0.1) is 11.3 Å². The molecule has 0 saturated heterocycles.